The van der Waals surface area contributed by atoms with Crippen LogP contribution in [0.3, 0.4) is 0 Å². The number of nitrogens with zero attached hydrogens (tertiary/aromatic N) is 2. The molecule has 0 saturated heterocycles. The zero-order chi connectivity index (χ0) is 14.5. The average Bonchev–Trinajstić information content (AvgIpc) is 2.42. The van der Waals surface area contributed by atoms with E-state index in [4.69, 9.17) is 5.73 Å². The Kier molecular flexibility index (Phi) is 6.18. The summed E-state index contributed by atoms with van der Waals surface area (Å²) in [7, 11) is 0. The van der Waals surface area contributed by atoms with Crippen molar-refractivity contribution in [1.29, 1.82) is 0 Å². The van der Waals surface area contributed by atoms with Crippen molar-refractivity contribution in [3.63, 3.8) is 0 Å². The molecule has 2 aromatic rings. The van der Waals surface area contributed by atoms with Crippen molar-refractivity contribution in [2.45, 2.75) is 20.3 Å². The molecule has 2 rings (SSSR count). The number of nitrogen functional groups attached to an aromatic ring is 1. The summed E-state index contributed by atoms with van der Waals surface area (Å²) in [4.78, 5) is 18.3. The predicted octanol–water partition coefficient (Wildman–Crippen LogP) is 2.99. The maximum atomic E-state index is 12.4. The van der Waals surface area contributed by atoms with Crippen molar-refractivity contribution >= 4 is 29.7 Å². The molecule has 1 aromatic carbocycles. The number of carbonyl (C=O) groups is 1. The minimum atomic E-state index is 0. The van der Waals surface area contributed by atoms with Gasteiger partial charge >= 0.3 is 0 Å². The van der Waals surface area contributed by atoms with Crippen LogP contribution >= 0.6 is 12.4 Å². The molecule has 0 spiro atoms. The number of likely N-dealkylation sites (N-methyl/N-ethyl adjacent to an activating group) is 1. The third-order valence-corrected chi connectivity index (χ3v) is 3.11. The van der Waals surface area contributed by atoms with Gasteiger partial charge in [0.15, 0.2) is 0 Å². The van der Waals surface area contributed by atoms with Gasteiger partial charge in [0, 0.05) is 17.9 Å². The molecule has 2 N–H and O–H groups in total. The van der Waals surface area contributed by atoms with Gasteiger partial charge in [0.2, 0.25) is 5.91 Å². The first-order valence-electron chi connectivity index (χ1n) is 6.67. The Hall–Kier alpha value is -2.07. The zero-order valence-electron chi connectivity index (χ0n) is 12.2. The van der Waals surface area contributed by atoms with E-state index in [0.29, 0.717) is 12.2 Å². The maximum absolute atomic E-state index is 12.4. The largest absolute Gasteiger partial charge is 0.397 e. The molecule has 0 aliphatic heterocycles. The number of benzene rings is 1. The summed E-state index contributed by atoms with van der Waals surface area (Å²) >= 11 is 0. The highest BCUT2D eigenvalue weighted by Crippen LogP contribution is 2.17. The molecule has 1 aromatic heterocycles. The topological polar surface area (TPSA) is 59.2 Å². The number of hydrogen-bond acceptors (Lipinski definition) is 3. The van der Waals surface area contributed by atoms with E-state index in [2.05, 4.69) is 4.98 Å². The first-order valence-corrected chi connectivity index (χ1v) is 6.67. The Morgan fingerprint density at radius 1 is 1.29 bits per heavy atom. The highest BCUT2D eigenvalue weighted by Gasteiger charge is 2.15. The quantitative estimate of drug-likeness (QED) is 0.944. The number of halogens is 1. The first-order chi connectivity index (χ1) is 9.60. The van der Waals surface area contributed by atoms with Crippen molar-refractivity contribution in [3.8, 4) is 0 Å². The van der Waals surface area contributed by atoms with Crippen LogP contribution in [0.2, 0.25) is 0 Å². The Bertz CT molecular complexity index is 599. The second-order valence-corrected chi connectivity index (χ2v) is 4.74. The summed E-state index contributed by atoms with van der Waals surface area (Å²) in [5.74, 6) is 0.0374. The van der Waals surface area contributed by atoms with Crippen LogP contribution in [0.25, 0.3) is 0 Å². The molecule has 0 fully saturated rings. The lowest BCUT2D eigenvalue weighted by Crippen LogP contribution is -2.32. The van der Waals surface area contributed by atoms with Crippen LogP contribution in [0.5, 0.6) is 0 Å². The number of carbonyl (C=O) groups excluding carboxylic acids is 1. The highest BCUT2D eigenvalue weighted by atomic mass is 35.5. The van der Waals surface area contributed by atoms with E-state index >= 15 is 0 Å². The first kappa shape index (κ1) is 17.0. The van der Waals surface area contributed by atoms with Gasteiger partial charge in [-0.15, -0.1) is 12.4 Å². The van der Waals surface area contributed by atoms with Gasteiger partial charge in [-0.05, 0) is 43.7 Å². The van der Waals surface area contributed by atoms with E-state index in [1.54, 1.807) is 23.2 Å². The van der Waals surface area contributed by atoms with E-state index in [1.807, 2.05) is 38.1 Å². The lowest BCUT2D eigenvalue weighted by atomic mass is 10.2. The van der Waals surface area contributed by atoms with E-state index in [1.165, 1.54) is 0 Å². The Morgan fingerprint density at radius 2 is 2.05 bits per heavy atom. The molecular formula is C16H20ClN3O. The number of hydrogen-bond donors (Lipinski definition) is 1. The van der Waals surface area contributed by atoms with Crippen LogP contribution in [-0.4, -0.2) is 17.4 Å². The fraction of sp³-hybridized carbons (Fsp3) is 0.250. The molecule has 4 nitrogen and oxygen atoms in total. The number of pyridine rings is 1. The van der Waals surface area contributed by atoms with Crippen molar-refractivity contribution in [3.05, 3.63) is 53.9 Å². The van der Waals surface area contributed by atoms with E-state index in [-0.39, 0.29) is 24.7 Å². The number of aromatic nitrogens is 1. The van der Waals surface area contributed by atoms with Gasteiger partial charge in [-0.25, -0.2) is 0 Å². The van der Waals surface area contributed by atoms with Crippen LogP contribution in [0.4, 0.5) is 11.4 Å². The molecule has 21 heavy (non-hydrogen) atoms. The van der Waals surface area contributed by atoms with Crippen LogP contribution in [0, 0.1) is 6.92 Å². The SMILES string of the molecule is CCN(C(=O)Cc1ccc(N)cn1)c1cccc(C)c1.Cl. The summed E-state index contributed by atoms with van der Waals surface area (Å²) in [6.07, 6.45) is 1.85. The Balaban J connectivity index is 0.00000220. The van der Waals surface area contributed by atoms with Gasteiger partial charge < -0.3 is 10.6 Å². The maximum Gasteiger partial charge on any atom is 0.232 e. The molecule has 0 bridgehead atoms. The summed E-state index contributed by atoms with van der Waals surface area (Å²) in [5, 5.41) is 0. The number of anilines is 2. The fourth-order valence-corrected chi connectivity index (χ4v) is 2.09. The smallest absolute Gasteiger partial charge is 0.232 e. The summed E-state index contributed by atoms with van der Waals surface area (Å²) in [6, 6.07) is 11.5. The molecule has 5 heteroatoms. The second-order valence-electron chi connectivity index (χ2n) is 4.74. The monoisotopic (exact) mass is 305 g/mol. The van der Waals surface area contributed by atoms with Gasteiger partial charge in [-0.1, -0.05) is 12.1 Å². The molecule has 1 amide bonds. The van der Waals surface area contributed by atoms with E-state index < -0.39 is 0 Å². The summed E-state index contributed by atoms with van der Waals surface area (Å²) < 4.78 is 0. The lowest BCUT2D eigenvalue weighted by Gasteiger charge is -2.21. The van der Waals surface area contributed by atoms with Gasteiger partial charge in [-0.2, -0.15) is 0 Å². The molecule has 0 unspecified atom stereocenters. The van der Waals surface area contributed by atoms with Gasteiger partial charge in [-0.3, -0.25) is 9.78 Å². The van der Waals surface area contributed by atoms with Crippen molar-refractivity contribution < 1.29 is 4.79 Å². The van der Waals surface area contributed by atoms with Crippen molar-refractivity contribution in [1.82, 2.24) is 4.98 Å². The Labute approximate surface area is 131 Å². The van der Waals surface area contributed by atoms with Gasteiger partial charge in [0.05, 0.1) is 18.3 Å². The van der Waals surface area contributed by atoms with Crippen LogP contribution < -0.4 is 10.6 Å². The number of rotatable bonds is 4. The number of aryl methyl sites for hydroxylation is 1. The molecule has 0 radical (unpaired) electrons. The normalized spacial score (nSPS) is 9.81. The van der Waals surface area contributed by atoms with Crippen molar-refractivity contribution in [2.24, 2.45) is 0 Å². The third-order valence-electron chi connectivity index (χ3n) is 3.11. The Morgan fingerprint density at radius 3 is 2.62 bits per heavy atom. The molecule has 0 atom stereocenters. The minimum Gasteiger partial charge on any atom is -0.397 e. The van der Waals surface area contributed by atoms with Gasteiger partial charge in [0.1, 0.15) is 0 Å². The lowest BCUT2D eigenvalue weighted by molar-refractivity contribution is -0.118. The summed E-state index contributed by atoms with van der Waals surface area (Å²) in [5.41, 5.74) is 8.99. The molecule has 0 aliphatic carbocycles. The standard InChI is InChI=1S/C16H19N3O.ClH/c1-3-19(15-6-4-5-12(2)9-15)16(20)10-14-8-7-13(17)11-18-14;/h4-9,11H,3,10,17H2,1-2H3;1H. The zero-order valence-corrected chi connectivity index (χ0v) is 13.1. The van der Waals surface area contributed by atoms with Crippen LogP contribution in [-0.2, 0) is 11.2 Å². The van der Waals surface area contributed by atoms with Crippen LogP contribution in [0.15, 0.2) is 42.6 Å². The molecule has 112 valence electrons. The summed E-state index contributed by atoms with van der Waals surface area (Å²) in [6.45, 7) is 4.62. The predicted molar refractivity (Wildman–Crippen MR) is 88.8 cm³/mol. The second kappa shape index (κ2) is 7.64. The molecular weight excluding hydrogens is 286 g/mol. The molecule has 0 saturated carbocycles. The third kappa shape index (κ3) is 4.46. The molecule has 1 heterocycles. The highest BCUT2D eigenvalue weighted by molar-refractivity contribution is 5.94. The number of amides is 1. The minimum absolute atomic E-state index is 0. The van der Waals surface area contributed by atoms with E-state index in [9.17, 15) is 4.79 Å². The molecule has 0 aliphatic rings. The van der Waals surface area contributed by atoms with E-state index in [0.717, 1.165) is 16.9 Å². The fourth-order valence-electron chi connectivity index (χ4n) is 2.09. The number of nitrogens with two attached hydrogens (primary N) is 1. The van der Waals surface area contributed by atoms with Crippen molar-refractivity contribution in [2.75, 3.05) is 17.2 Å². The van der Waals surface area contributed by atoms with Crippen LogP contribution in [0.1, 0.15) is 18.2 Å². The average molecular weight is 306 g/mol. The van der Waals surface area contributed by atoms with Gasteiger partial charge in [0.25, 0.3) is 0 Å².